The van der Waals surface area contributed by atoms with Crippen LogP contribution in [-0.4, -0.2) is 6.04 Å². The van der Waals surface area contributed by atoms with Crippen molar-refractivity contribution < 1.29 is 0 Å². The predicted octanol–water partition coefficient (Wildman–Crippen LogP) is 3.49. The number of hydrogen-bond donors (Lipinski definition) is 1. The zero-order chi connectivity index (χ0) is 12.3. The average molecular weight is 249 g/mol. The van der Waals surface area contributed by atoms with E-state index in [1.165, 1.54) is 19.3 Å². The number of nitrogens with zero attached hydrogens (tertiary/aromatic N) is 1. The van der Waals surface area contributed by atoms with Crippen LogP contribution in [-0.2, 0) is 6.54 Å². The minimum absolute atomic E-state index is 0.619. The second kappa shape index (κ2) is 5.53. The first-order valence-corrected chi connectivity index (χ1v) is 6.54. The van der Waals surface area contributed by atoms with E-state index in [1.54, 1.807) is 6.07 Å². The van der Waals surface area contributed by atoms with Crippen LogP contribution < -0.4 is 5.32 Å². The molecule has 0 bridgehead atoms. The van der Waals surface area contributed by atoms with E-state index in [1.807, 2.05) is 12.1 Å². The first-order valence-electron chi connectivity index (χ1n) is 6.16. The van der Waals surface area contributed by atoms with Crippen molar-refractivity contribution in [1.29, 1.82) is 5.26 Å². The van der Waals surface area contributed by atoms with Gasteiger partial charge in [-0.2, -0.15) is 5.26 Å². The van der Waals surface area contributed by atoms with E-state index in [9.17, 15) is 0 Å². The number of nitriles is 1. The molecule has 0 amide bonds. The third kappa shape index (κ3) is 3.21. The summed E-state index contributed by atoms with van der Waals surface area (Å²) in [4.78, 5) is 0. The molecular weight excluding hydrogens is 232 g/mol. The van der Waals surface area contributed by atoms with Gasteiger partial charge in [0.2, 0.25) is 0 Å². The summed E-state index contributed by atoms with van der Waals surface area (Å²) in [5, 5.41) is 13.0. The van der Waals surface area contributed by atoms with Gasteiger partial charge in [-0.3, -0.25) is 0 Å². The summed E-state index contributed by atoms with van der Waals surface area (Å²) in [6.07, 6.45) is 3.88. The molecule has 90 valence electrons. The van der Waals surface area contributed by atoms with Crippen LogP contribution in [0.1, 0.15) is 37.3 Å². The summed E-state index contributed by atoms with van der Waals surface area (Å²) in [6, 6.07) is 8.24. The Kier molecular flexibility index (Phi) is 4.04. The summed E-state index contributed by atoms with van der Waals surface area (Å²) in [6.45, 7) is 3.03. The monoisotopic (exact) mass is 248 g/mol. The Balaban J connectivity index is 1.86. The summed E-state index contributed by atoms with van der Waals surface area (Å²) >= 11 is 6.12. The maximum absolute atomic E-state index is 8.75. The Bertz CT molecular complexity index is 436. The number of hydrogen-bond acceptors (Lipinski definition) is 2. The van der Waals surface area contributed by atoms with Gasteiger partial charge >= 0.3 is 0 Å². The first-order chi connectivity index (χ1) is 8.24. The van der Waals surface area contributed by atoms with Crippen molar-refractivity contribution in [3.63, 3.8) is 0 Å². The fourth-order valence-corrected chi connectivity index (χ4v) is 2.44. The molecule has 1 aliphatic rings. The first kappa shape index (κ1) is 12.4. The molecule has 3 heteroatoms. The minimum Gasteiger partial charge on any atom is -0.310 e. The largest absolute Gasteiger partial charge is 0.310 e. The van der Waals surface area contributed by atoms with Crippen LogP contribution in [0, 0.1) is 17.2 Å². The van der Waals surface area contributed by atoms with Gasteiger partial charge in [0.05, 0.1) is 11.6 Å². The van der Waals surface area contributed by atoms with E-state index in [2.05, 4.69) is 18.3 Å². The molecule has 1 aliphatic carbocycles. The van der Waals surface area contributed by atoms with E-state index < -0.39 is 0 Å². The molecule has 1 aromatic carbocycles. The topological polar surface area (TPSA) is 35.8 Å². The van der Waals surface area contributed by atoms with Crippen LogP contribution >= 0.6 is 11.6 Å². The lowest BCUT2D eigenvalue weighted by molar-refractivity contribution is 0.599. The number of rotatable bonds is 5. The van der Waals surface area contributed by atoms with Gasteiger partial charge in [0.15, 0.2) is 0 Å². The highest BCUT2D eigenvalue weighted by molar-refractivity contribution is 6.31. The van der Waals surface area contributed by atoms with Gasteiger partial charge in [-0.1, -0.05) is 31.0 Å². The molecule has 2 rings (SSSR count). The van der Waals surface area contributed by atoms with Gasteiger partial charge in [-0.05, 0) is 36.5 Å². The molecule has 0 heterocycles. The van der Waals surface area contributed by atoms with Crippen molar-refractivity contribution in [2.45, 2.75) is 38.8 Å². The Labute approximate surface area is 108 Å². The highest BCUT2D eigenvalue weighted by Gasteiger charge is 2.35. The van der Waals surface area contributed by atoms with Gasteiger partial charge in [0, 0.05) is 17.6 Å². The zero-order valence-electron chi connectivity index (χ0n) is 10.0. The number of benzene rings is 1. The molecule has 1 fully saturated rings. The summed E-state index contributed by atoms with van der Waals surface area (Å²) in [5.41, 5.74) is 1.70. The predicted molar refractivity (Wildman–Crippen MR) is 69.8 cm³/mol. The minimum atomic E-state index is 0.619. The zero-order valence-corrected chi connectivity index (χ0v) is 10.8. The lowest BCUT2D eigenvalue weighted by Gasteiger charge is -2.06. The third-order valence-corrected chi connectivity index (χ3v) is 3.67. The highest BCUT2D eigenvalue weighted by Crippen LogP contribution is 2.34. The van der Waals surface area contributed by atoms with Crippen LogP contribution in [0.2, 0.25) is 5.02 Å². The molecular formula is C14H17ClN2. The smallest absolute Gasteiger partial charge is 0.0992 e. The summed E-state index contributed by atoms with van der Waals surface area (Å²) < 4.78 is 0. The van der Waals surface area contributed by atoms with Crippen LogP contribution in [0.4, 0.5) is 0 Å². The number of nitrogens with one attached hydrogen (secondary N) is 1. The van der Waals surface area contributed by atoms with Crippen LogP contribution in [0.25, 0.3) is 0 Å². The van der Waals surface area contributed by atoms with Crippen LogP contribution in [0.5, 0.6) is 0 Å². The Morgan fingerprint density at radius 2 is 2.35 bits per heavy atom. The average Bonchev–Trinajstić information content (AvgIpc) is 3.06. The quantitative estimate of drug-likeness (QED) is 0.866. The van der Waals surface area contributed by atoms with Gasteiger partial charge in [-0.25, -0.2) is 0 Å². The summed E-state index contributed by atoms with van der Waals surface area (Å²) in [5.74, 6) is 0.858. The molecule has 0 spiro atoms. The third-order valence-electron chi connectivity index (χ3n) is 3.32. The van der Waals surface area contributed by atoms with Gasteiger partial charge in [-0.15, -0.1) is 0 Å². The maximum Gasteiger partial charge on any atom is 0.0992 e. The van der Waals surface area contributed by atoms with Crippen molar-refractivity contribution in [1.82, 2.24) is 5.32 Å². The van der Waals surface area contributed by atoms with Gasteiger partial charge in [0.25, 0.3) is 0 Å². The Morgan fingerprint density at radius 1 is 1.53 bits per heavy atom. The van der Waals surface area contributed by atoms with Crippen LogP contribution in [0.3, 0.4) is 0 Å². The maximum atomic E-state index is 8.75. The van der Waals surface area contributed by atoms with E-state index in [-0.39, 0.29) is 0 Å². The standard InChI is InChI=1S/C14H17ClN2/c1-2-3-11-7-14(11)17-9-12-5-4-10(8-16)6-13(12)15/h4-6,11,14,17H,2-3,7,9H2,1H3. The fraction of sp³-hybridized carbons (Fsp3) is 0.500. The molecule has 17 heavy (non-hydrogen) atoms. The molecule has 0 radical (unpaired) electrons. The van der Waals surface area contributed by atoms with E-state index in [0.717, 1.165) is 18.0 Å². The van der Waals surface area contributed by atoms with Crippen molar-refractivity contribution in [2.75, 3.05) is 0 Å². The lowest BCUT2D eigenvalue weighted by Crippen LogP contribution is -2.17. The molecule has 1 aromatic rings. The van der Waals surface area contributed by atoms with Crippen molar-refractivity contribution in [3.05, 3.63) is 34.3 Å². The Hall–Kier alpha value is -1.04. The van der Waals surface area contributed by atoms with E-state index in [0.29, 0.717) is 16.6 Å². The lowest BCUT2D eigenvalue weighted by atomic mass is 10.1. The molecule has 1 saturated carbocycles. The van der Waals surface area contributed by atoms with Crippen molar-refractivity contribution >= 4 is 11.6 Å². The second-order valence-corrected chi connectivity index (χ2v) is 5.10. The van der Waals surface area contributed by atoms with E-state index in [4.69, 9.17) is 16.9 Å². The number of halogens is 1. The molecule has 0 saturated heterocycles. The molecule has 2 atom stereocenters. The molecule has 0 aromatic heterocycles. The second-order valence-electron chi connectivity index (χ2n) is 4.69. The molecule has 2 nitrogen and oxygen atoms in total. The van der Waals surface area contributed by atoms with Crippen molar-refractivity contribution in [2.24, 2.45) is 5.92 Å². The van der Waals surface area contributed by atoms with Gasteiger partial charge < -0.3 is 5.32 Å². The molecule has 2 unspecified atom stereocenters. The fourth-order valence-electron chi connectivity index (χ4n) is 2.19. The summed E-state index contributed by atoms with van der Waals surface area (Å²) in [7, 11) is 0. The van der Waals surface area contributed by atoms with E-state index >= 15 is 0 Å². The molecule has 0 aliphatic heterocycles. The van der Waals surface area contributed by atoms with Gasteiger partial charge in [0.1, 0.15) is 0 Å². The SMILES string of the molecule is CCCC1CC1NCc1ccc(C#N)cc1Cl. The normalized spacial score (nSPS) is 22.2. The molecule has 1 N–H and O–H groups in total. The van der Waals surface area contributed by atoms with Crippen LogP contribution in [0.15, 0.2) is 18.2 Å². The Morgan fingerprint density at radius 3 is 3.00 bits per heavy atom. The highest BCUT2D eigenvalue weighted by atomic mass is 35.5. The van der Waals surface area contributed by atoms with Crippen molar-refractivity contribution in [3.8, 4) is 6.07 Å².